The smallest absolute Gasteiger partial charge is 0.322 e. The second-order valence-corrected chi connectivity index (χ2v) is 5.33. The van der Waals surface area contributed by atoms with E-state index < -0.39 is 5.82 Å². The number of nitrogens with zero attached hydrogens (tertiary/aromatic N) is 2. The number of benzene rings is 1. The molecule has 0 aliphatic carbocycles. The Morgan fingerprint density at radius 3 is 2.67 bits per heavy atom. The third-order valence-electron chi connectivity index (χ3n) is 2.09. The molecule has 1 heterocycles. The quantitative estimate of drug-likeness (QED) is 0.902. The molecule has 0 radical (unpaired) electrons. The molecule has 0 saturated heterocycles. The van der Waals surface area contributed by atoms with Crippen molar-refractivity contribution in [1.82, 2.24) is 10.1 Å². The number of nitrogens with one attached hydrogen (secondary N) is 1. The van der Waals surface area contributed by atoms with Crippen molar-refractivity contribution >= 4 is 17.6 Å². The molecule has 1 aromatic carbocycles. The van der Waals surface area contributed by atoms with Crippen LogP contribution in [0.15, 0.2) is 22.7 Å². The Morgan fingerprint density at radius 1 is 1.33 bits per heavy atom. The average Bonchev–Trinajstić information content (AvgIpc) is 2.68. The van der Waals surface area contributed by atoms with E-state index in [-0.39, 0.29) is 10.6 Å². The summed E-state index contributed by atoms with van der Waals surface area (Å²) in [7, 11) is 0. The van der Waals surface area contributed by atoms with Crippen LogP contribution in [-0.4, -0.2) is 15.7 Å². The topological polar surface area (TPSA) is 51.0 Å². The molecule has 0 unspecified atom stereocenters. The molecule has 0 fully saturated rings. The van der Waals surface area contributed by atoms with Gasteiger partial charge in [-0.05, 0) is 39.0 Å². The van der Waals surface area contributed by atoms with Gasteiger partial charge in [-0.3, -0.25) is 0 Å². The zero-order chi connectivity index (χ0) is 13.3. The molecule has 0 spiro atoms. The summed E-state index contributed by atoms with van der Waals surface area (Å²) in [5.74, 6) is -0.111. The third kappa shape index (κ3) is 2.98. The van der Waals surface area contributed by atoms with Crippen LogP contribution in [0.3, 0.4) is 0 Å². The summed E-state index contributed by atoms with van der Waals surface area (Å²) in [6, 6.07) is 4.60. The van der Waals surface area contributed by atoms with Gasteiger partial charge in [0.05, 0.1) is 5.02 Å². The lowest BCUT2D eigenvalue weighted by Crippen LogP contribution is -2.26. The lowest BCUT2D eigenvalue weighted by atomic mass is 10.1. The van der Waals surface area contributed by atoms with Gasteiger partial charge >= 0.3 is 6.01 Å². The molecule has 1 N–H and O–H groups in total. The summed E-state index contributed by atoms with van der Waals surface area (Å²) < 4.78 is 18.1. The summed E-state index contributed by atoms with van der Waals surface area (Å²) >= 11 is 5.70. The van der Waals surface area contributed by atoms with Crippen LogP contribution in [0.2, 0.25) is 5.02 Å². The molecular weight excluding hydrogens is 257 g/mol. The minimum absolute atomic E-state index is 0.0302. The fraction of sp³-hybridized carbons (Fsp3) is 0.333. The van der Waals surface area contributed by atoms with Gasteiger partial charge in [0.15, 0.2) is 0 Å². The monoisotopic (exact) mass is 269 g/mol. The third-order valence-corrected chi connectivity index (χ3v) is 2.38. The van der Waals surface area contributed by atoms with Crippen LogP contribution in [0.25, 0.3) is 11.4 Å². The van der Waals surface area contributed by atoms with Crippen molar-refractivity contribution < 1.29 is 8.91 Å². The van der Waals surface area contributed by atoms with Gasteiger partial charge in [-0.15, -0.1) is 0 Å². The van der Waals surface area contributed by atoms with Gasteiger partial charge in [0.2, 0.25) is 5.82 Å². The van der Waals surface area contributed by atoms with Crippen molar-refractivity contribution in [1.29, 1.82) is 0 Å². The highest BCUT2D eigenvalue weighted by Gasteiger charge is 2.15. The maximum atomic E-state index is 13.0. The van der Waals surface area contributed by atoms with Gasteiger partial charge in [-0.1, -0.05) is 16.8 Å². The van der Waals surface area contributed by atoms with E-state index in [1.807, 2.05) is 20.8 Å². The Balaban J connectivity index is 2.26. The molecule has 4 nitrogen and oxygen atoms in total. The largest absolute Gasteiger partial charge is 0.333 e. The lowest BCUT2D eigenvalue weighted by molar-refractivity contribution is 0.420. The maximum absolute atomic E-state index is 13.0. The fourth-order valence-electron chi connectivity index (χ4n) is 1.35. The number of rotatable bonds is 2. The Bertz CT molecular complexity index is 563. The van der Waals surface area contributed by atoms with E-state index in [4.69, 9.17) is 16.1 Å². The van der Waals surface area contributed by atoms with Gasteiger partial charge in [-0.25, -0.2) is 4.39 Å². The molecule has 18 heavy (non-hydrogen) atoms. The molecule has 96 valence electrons. The van der Waals surface area contributed by atoms with Crippen LogP contribution in [-0.2, 0) is 0 Å². The van der Waals surface area contributed by atoms with Crippen LogP contribution in [0.1, 0.15) is 20.8 Å². The minimum Gasteiger partial charge on any atom is -0.333 e. The summed E-state index contributed by atoms with van der Waals surface area (Å²) in [6.45, 7) is 5.93. The average molecular weight is 270 g/mol. The van der Waals surface area contributed by atoms with Crippen LogP contribution < -0.4 is 5.32 Å². The van der Waals surface area contributed by atoms with Gasteiger partial charge in [-0.2, -0.15) is 4.98 Å². The van der Waals surface area contributed by atoms with E-state index in [2.05, 4.69) is 15.5 Å². The second kappa shape index (κ2) is 4.57. The van der Waals surface area contributed by atoms with Crippen LogP contribution in [0.4, 0.5) is 10.4 Å². The number of hydrogen-bond acceptors (Lipinski definition) is 4. The molecule has 2 aromatic rings. The van der Waals surface area contributed by atoms with E-state index in [0.717, 1.165) is 0 Å². The molecule has 6 heteroatoms. The number of aromatic nitrogens is 2. The van der Waals surface area contributed by atoms with Gasteiger partial charge in [0.25, 0.3) is 0 Å². The first-order valence-corrected chi connectivity index (χ1v) is 5.80. The predicted octanol–water partition coefficient (Wildman–Crippen LogP) is 3.74. The fourth-order valence-corrected chi connectivity index (χ4v) is 1.53. The van der Waals surface area contributed by atoms with Crippen LogP contribution in [0.5, 0.6) is 0 Å². The number of hydrogen-bond donors (Lipinski definition) is 1. The number of anilines is 1. The standard InChI is InChI=1S/C12H13ClFN3O/c1-12(2,3)16-11-15-10(17-18-11)7-4-5-9(14)8(13)6-7/h4-6H,1-3H3,(H,15,16,17). The molecular formula is C12H13ClFN3O. The first-order chi connectivity index (χ1) is 8.35. The lowest BCUT2D eigenvalue weighted by Gasteiger charge is -2.17. The molecule has 0 amide bonds. The van der Waals surface area contributed by atoms with E-state index in [1.165, 1.54) is 12.1 Å². The first kappa shape index (κ1) is 12.8. The molecule has 0 saturated carbocycles. The Labute approximate surface area is 109 Å². The van der Waals surface area contributed by atoms with Crippen molar-refractivity contribution in [3.63, 3.8) is 0 Å². The normalized spacial score (nSPS) is 11.6. The van der Waals surface area contributed by atoms with E-state index >= 15 is 0 Å². The van der Waals surface area contributed by atoms with Crippen molar-refractivity contribution in [3.8, 4) is 11.4 Å². The SMILES string of the molecule is CC(C)(C)Nc1nc(-c2ccc(F)c(Cl)c2)no1. The Hall–Kier alpha value is -1.62. The summed E-state index contributed by atoms with van der Waals surface area (Å²) in [4.78, 5) is 4.17. The van der Waals surface area contributed by atoms with Gasteiger partial charge < -0.3 is 9.84 Å². The zero-order valence-electron chi connectivity index (χ0n) is 10.3. The summed E-state index contributed by atoms with van der Waals surface area (Å²) in [6.07, 6.45) is 0. The van der Waals surface area contributed by atoms with Crippen LogP contribution in [0, 0.1) is 5.82 Å². The predicted molar refractivity (Wildman–Crippen MR) is 68.1 cm³/mol. The van der Waals surface area contributed by atoms with Crippen molar-refractivity contribution in [3.05, 3.63) is 29.0 Å². The van der Waals surface area contributed by atoms with E-state index in [9.17, 15) is 4.39 Å². The van der Waals surface area contributed by atoms with Crippen molar-refractivity contribution in [2.75, 3.05) is 5.32 Å². The second-order valence-electron chi connectivity index (χ2n) is 4.93. The highest BCUT2D eigenvalue weighted by Crippen LogP contribution is 2.24. The van der Waals surface area contributed by atoms with E-state index in [0.29, 0.717) is 17.4 Å². The summed E-state index contributed by atoms with van der Waals surface area (Å²) in [5.41, 5.74) is 0.427. The summed E-state index contributed by atoms with van der Waals surface area (Å²) in [5, 5.41) is 6.89. The van der Waals surface area contributed by atoms with Crippen molar-refractivity contribution in [2.45, 2.75) is 26.3 Å². The molecule has 1 aromatic heterocycles. The van der Waals surface area contributed by atoms with Gasteiger partial charge in [0.1, 0.15) is 5.82 Å². The molecule has 0 atom stereocenters. The van der Waals surface area contributed by atoms with Crippen molar-refractivity contribution in [2.24, 2.45) is 0 Å². The maximum Gasteiger partial charge on any atom is 0.322 e. The number of halogens is 2. The molecule has 0 aliphatic heterocycles. The van der Waals surface area contributed by atoms with Crippen LogP contribution >= 0.6 is 11.6 Å². The first-order valence-electron chi connectivity index (χ1n) is 5.42. The highest BCUT2D eigenvalue weighted by atomic mass is 35.5. The van der Waals surface area contributed by atoms with Gasteiger partial charge in [0, 0.05) is 11.1 Å². The Kier molecular flexibility index (Phi) is 3.26. The molecule has 0 aliphatic rings. The highest BCUT2D eigenvalue weighted by molar-refractivity contribution is 6.31. The zero-order valence-corrected chi connectivity index (χ0v) is 11.0. The van der Waals surface area contributed by atoms with E-state index in [1.54, 1.807) is 6.07 Å². The minimum atomic E-state index is -0.475. The Morgan fingerprint density at radius 2 is 2.06 bits per heavy atom. The molecule has 0 bridgehead atoms. The molecule has 2 rings (SSSR count).